The summed E-state index contributed by atoms with van der Waals surface area (Å²) in [5, 5.41) is 2.66. The van der Waals surface area contributed by atoms with Gasteiger partial charge in [-0.05, 0) is 25.8 Å². The predicted octanol–water partition coefficient (Wildman–Crippen LogP) is 0.539. The highest BCUT2D eigenvalue weighted by atomic mass is 16.2. The Morgan fingerprint density at radius 3 is 2.45 bits per heavy atom. The minimum Gasteiger partial charge on any atom is -0.344 e. The Bertz CT molecular complexity index is 448. The van der Waals surface area contributed by atoms with E-state index in [4.69, 9.17) is 5.73 Å². The molecule has 0 heterocycles. The van der Waals surface area contributed by atoms with Crippen molar-refractivity contribution in [2.24, 2.45) is 5.73 Å². The molecule has 3 N–H and O–H groups in total. The Hall–Kier alpha value is -1.88. The first-order chi connectivity index (χ1) is 9.45. The highest BCUT2D eigenvalue weighted by Crippen LogP contribution is 2.02. The van der Waals surface area contributed by atoms with Crippen molar-refractivity contribution in [3.63, 3.8) is 0 Å². The van der Waals surface area contributed by atoms with Crippen LogP contribution in [0.2, 0.25) is 0 Å². The van der Waals surface area contributed by atoms with Gasteiger partial charge in [0.25, 0.3) is 0 Å². The van der Waals surface area contributed by atoms with E-state index in [2.05, 4.69) is 5.32 Å². The van der Waals surface area contributed by atoms with E-state index in [1.165, 1.54) is 0 Å². The number of likely N-dealkylation sites (N-methyl/N-ethyl adjacent to an activating group) is 1. The van der Waals surface area contributed by atoms with Crippen LogP contribution in [0, 0.1) is 0 Å². The second-order valence-corrected chi connectivity index (χ2v) is 4.88. The van der Waals surface area contributed by atoms with E-state index in [0.29, 0.717) is 13.0 Å². The fourth-order valence-electron chi connectivity index (χ4n) is 1.83. The number of nitrogens with zero attached hydrogens (tertiary/aromatic N) is 1. The molecule has 2 unspecified atom stereocenters. The number of rotatable bonds is 6. The third-order valence-electron chi connectivity index (χ3n) is 3.21. The lowest BCUT2D eigenvalue weighted by Crippen LogP contribution is -2.51. The van der Waals surface area contributed by atoms with Crippen molar-refractivity contribution in [1.82, 2.24) is 10.2 Å². The molecule has 1 aromatic rings. The fraction of sp³-hybridized carbons (Fsp3) is 0.467. The lowest BCUT2D eigenvalue weighted by Gasteiger charge is -2.22. The van der Waals surface area contributed by atoms with Crippen molar-refractivity contribution in [3.05, 3.63) is 35.9 Å². The smallest absolute Gasteiger partial charge is 0.244 e. The second kappa shape index (κ2) is 7.65. The van der Waals surface area contributed by atoms with Crippen molar-refractivity contribution in [1.29, 1.82) is 0 Å². The average molecular weight is 277 g/mol. The molecule has 0 aliphatic heterocycles. The summed E-state index contributed by atoms with van der Waals surface area (Å²) in [5.41, 5.74) is 6.87. The maximum Gasteiger partial charge on any atom is 0.244 e. The standard InChI is InChI=1S/C15H23N3O2/c1-4-18(3)15(20)11(2)17-14(19)13(16)10-12-8-6-5-7-9-12/h5-9,11,13H,4,10,16H2,1-3H3,(H,17,19). The lowest BCUT2D eigenvalue weighted by atomic mass is 10.1. The minimum absolute atomic E-state index is 0.118. The van der Waals surface area contributed by atoms with Crippen LogP contribution in [0.5, 0.6) is 0 Å². The summed E-state index contributed by atoms with van der Waals surface area (Å²) < 4.78 is 0. The van der Waals surface area contributed by atoms with E-state index in [9.17, 15) is 9.59 Å². The molecule has 1 rings (SSSR count). The molecule has 0 bridgehead atoms. The quantitative estimate of drug-likeness (QED) is 0.797. The van der Waals surface area contributed by atoms with E-state index >= 15 is 0 Å². The molecule has 5 nitrogen and oxygen atoms in total. The van der Waals surface area contributed by atoms with Crippen LogP contribution in [0.15, 0.2) is 30.3 Å². The molecule has 1 aromatic carbocycles. The molecule has 20 heavy (non-hydrogen) atoms. The number of nitrogens with one attached hydrogen (secondary N) is 1. The van der Waals surface area contributed by atoms with Gasteiger partial charge in [0, 0.05) is 13.6 Å². The Kier molecular flexibility index (Phi) is 6.18. The third-order valence-corrected chi connectivity index (χ3v) is 3.21. The molecular weight excluding hydrogens is 254 g/mol. The predicted molar refractivity (Wildman–Crippen MR) is 79.0 cm³/mol. The molecule has 110 valence electrons. The Morgan fingerprint density at radius 2 is 1.90 bits per heavy atom. The van der Waals surface area contributed by atoms with E-state index in [0.717, 1.165) is 5.56 Å². The maximum absolute atomic E-state index is 12.0. The first-order valence-corrected chi connectivity index (χ1v) is 6.80. The molecule has 0 aliphatic carbocycles. The monoisotopic (exact) mass is 277 g/mol. The minimum atomic E-state index is -0.653. The largest absolute Gasteiger partial charge is 0.344 e. The molecule has 0 aromatic heterocycles. The number of carbonyl (C=O) groups is 2. The van der Waals surface area contributed by atoms with Gasteiger partial charge >= 0.3 is 0 Å². The van der Waals surface area contributed by atoms with Crippen LogP contribution >= 0.6 is 0 Å². The molecule has 0 aliphatic rings. The summed E-state index contributed by atoms with van der Waals surface area (Å²) in [7, 11) is 1.70. The maximum atomic E-state index is 12.0. The number of hydrogen-bond donors (Lipinski definition) is 2. The van der Waals surface area contributed by atoms with Crippen molar-refractivity contribution < 1.29 is 9.59 Å². The summed E-state index contributed by atoms with van der Waals surface area (Å²) in [6, 6.07) is 8.36. The van der Waals surface area contributed by atoms with Crippen molar-refractivity contribution in [2.75, 3.05) is 13.6 Å². The first-order valence-electron chi connectivity index (χ1n) is 6.80. The van der Waals surface area contributed by atoms with Gasteiger partial charge in [-0.3, -0.25) is 9.59 Å². The summed E-state index contributed by atoms with van der Waals surface area (Å²) in [6.07, 6.45) is 0.456. The third kappa shape index (κ3) is 4.66. The molecule has 0 fully saturated rings. The molecular formula is C15H23N3O2. The number of carbonyl (C=O) groups excluding carboxylic acids is 2. The molecule has 2 amide bonds. The highest BCUT2D eigenvalue weighted by Gasteiger charge is 2.21. The molecule has 5 heteroatoms. The van der Waals surface area contributed by atoms with Crippen molar-refractivity contribution in [2.45, 2.75) is 32.4 Å². The zero-order valence-corrected chi connectivity index (χ0v) is 12.3. The van der Waals surface area contributed by atoms with E-state index in [1.807, 2.05) is 37.3 Å². The van der Waals surface area contributed by atoms with Crippen molar-refractivity contribution in [3.8, 4) is 0 Å². The number of benzene rings is 1. The van der Waals surface area contributed by atoms with Gasteiger partial charge in [0.1, 0.15) is 6.04 Å². The Balaban J connectivity index is 2.51. The summed E-state index contributed by atoms with van der Waals surface area (Å²) in [6.45, 7) is 4.16. The van der Waals surface area contributed by atoms with Crippen LogP contribution in [0.3, 0.4) is 0 Å². The molecule has 0 radical (unpaired) electrons. The molecule has 0 saturated carbocycles. The SMILES string of the molecule is CCN(C)C(=O)C(C)NC(=O)C(N)Cc1ccccc1. The number of nitrogens with two attached hydrogens (primary N) is 1. The molecule has 0 spiro atoms. The Labute approximate surface area is 120 Å². The lowest BCUT2D eigenvalue weighted by molar-refractivity contribution is -0.135. The summed E-state index contributed by atoms with van der Waals surface area (Å²) >= 11 is 0. The van der Waals surface area contributed by atoms with Gasteiger partial charge in [-0.1, -0.05) is 30.3 Å². The topological polar surface area (TPSA) is 75.4 Å². The van der Waals surface area contributed by atoms with E-state index in [-0.39, 0.29) is 11.8 Å². The number of amides is 2. The van der Waals surface area contributed by atoms with E-state index in [1.54, 1.807) is 18.9 Å². The summed E-state index contributed by atoms with van der Waals surface area (Å²) in [4.78, 5) is 25.4. The zero-order valence-electron chi connectivity index (χ0n) is 12.3. The van der Waals surface area contributed by atoms with Gasteiger partial charge in [-0.15, -0.1) is 0 Å². The normalized spacial score (nSPS) is 13.4. The average Bonchev–Trinajstić information content (AvgIpc) is 2.46. The van der Waals surface area contributed by atoms with Gasteiger partial charge in [0.05, 0.1) is 6.04 Å². The van der Waals surface area contributed by atoms with Gasteiger partial charge in [0.15, 0.2) is 0 Å². The Morgan fingerprint density at radius 1 is 1.30 bits per heavy atom. The van der Waals surface area contributed by atoms with Crippen LogP contribution in [0.25, 0.3) is 0 Å². The van der Waals surface area contributed by atoms with Crippen LogP contribution < -0.4 is 11.1 Å². The van der Waals surface area contributed by atoms with Crippen LogP contribution in [0.4, 0.5) is 0 Å². The molecule has 2 atom stereocenters. The van der Waals surface area contributed by atoms with Gasteiger partial charge in [0.2, 0.25) is 11.8 Å². The fourth-order valence-corrected chi connectivity index (χ4v) is 1.83. The van der Waals surface area contributed by atoms with Crippen LogP contribution in [-0.2, 0) is 16.0 Å². The second-order valence-electron chi connectivity index (χ2n) is 4.88. The van der Waals surface area contributed by atoms with Crippen LogP contribution in [0.1, 0.15) is 19.4 Å². The molecule has 0 saturated heterocycles. The number of hydrogen-bond acceptors (Lipinski definition) is 3. The summed E-state index contributed by atoms with van der Waals surface area (Å²) in [5.74, 6) is -0.424. The van der Waals surface area contributed by atoms with Crippen molar-refractivity contribution >= 4 is 11.8 Å². The zero-order chi connectivity index (χ0) is 15.1. The van der Waals surface area contributed by atoms with Gasteiger partial charge < -0.3 is 16.0 Å². The highest BCUT2D eigenvalue weighted by molar-refractivity contribution is 5.89. The van der Waals surface area contributed by atoms with Gasteiger partial charge in [-0.25, -0.2) is 0 Å². The van der Waals surface area contributed by atoms with E-state index < -0.39 is 12.1 Å². The first kappa shape index (κ1) is 16.2. The van der Waals surface area contributed by atoms with Gasteiger partial charge in [-0.2, -0.15) is 0 Å². The van der Waals surface area contributed by atoms with Crippen LogP contribution in [-0.4, -0.2) is 42.4 Å².